The summed E-state index contributed by atoms with van der Waals surface area (Å²) in [6.07, 6.45) is 3.86. The molecule has 86 valence electrons. The Morgan fingerprint density at radius 2 is 1.79 bits per heavy atom. The van der Waals surface area contributed by atoms with E-state index in [-0.39, 0.29) is 0 Å². The van der Waals surface area contributed by atoms with Gasteiger partial charge in [-0.25, -0.2) is 0 Å². The van der Waals surface area contributed by atoms with E-state index in [0.29, 0.717) is 17.9 Å². The van der Waals surface area contributed by atoms with E-state index in [1.165, 1.54) is 12.8 Å². The molecule has 0 amide bonds. The summed E-state index contributed by atoms with van der Waals surface area (Å²) < 4.78 is 10.8. The first-order valence-electron chi connectivity index (χ1n) is 5.72. The molecule has 0 N–H and O–H groups in total. The Bertz CT molecular complexity index is 125. The normalized spacial score (nSPS) is 17.8. The lowest BCUT2D eigenvalue weighted by atomic mass is 9.86. The molecule has 0 aliphatic carbocycles. The average molecular weight is 202 g/mol. The van der Waals surface area contributed by atoms with Crippen LogP contribution in [-0.2, 0) is 9.47 Å². The third kappa shape index (κ3) is 4.43. The predicted molar refractivity (Wildman–Crippen MR) is 60.5 cm³/mol. The molecular formula is C12H26O2. The van der Waals surface area contributed by atoms with Crippen molar-refractivity contribution in [1.29, 1.82) is 0 Å². The maximum absolute atomic E-state index is 5.55. The Kier molecular flexibility index (Phi) is 8.20. The fraction of sp³-hybridized carbons (Fsp3) is 1.00. The monoisotopic (exact) mass is 202 g/mol. The molecule has 3 atom stereocenters. The zero-order valence-electron chi connectivity index (χ0n) is 10.4. The van der Waals surface area contributed by atoms with Gasteiger partial charge in [0.15, 0.2) is 0 Å². The smallest absolute Gasteiger partial charge is 0.0623 e. The second-order valence-electron chi connectivity index (χ2n) is 4.07. The molecule has 0 radical (unpaired) electrons. The van der Waals surface area contributed by atoms with E-state index in [2.05, 4.69) is 20.8 Å². The highest BCUT2D eigenvalue weighted by Gasteiger charge is 2.25. The number of methoxy groups -OCH3 is 2. The number of ether oxygens (including phenoxy) is 2. The minimum atomic E-state index is 0.356. The van der Waals surface area contributed by atoms with Crippen LogP contribution in [-0.4, -0.2) is 26.9 Å². The Morgan fingerprint density at radius 3 is 2.14 bits per heavy atom. The van der Waals surface area contributed by atoms with Crippen molar-refractivity contribution in [1.82, 2.24) is 0 Å². The Balaban J connectivity index is 4.25. The van der Waals surface area contributed by atoms with Gasteiger partial charge in [0.05, 0.1) is 12.7 Å². The first kappa shape index (κ1) is 13.9. The maximum atomic E-state index is 5.55. The number of rotatable bonds is 8. The summed E-state index contributed by atoms with van der Waals surface area (Å²) in [5.41, 5.74) is 0. The van der Waals surface area contributed by atoms with Gasteiger partial charge in [0.2, 0.25) is 0 Å². The van der Waals surface area contributed by atoms with Crippen molar-refractivity contribution >= 4 is 0 Å². The number of hydrogen-bond acceptors (Lipinski definition) is 2. The van der Waals surface area contributed by atoms with Crippen molar-refractivity contribution in [2.24, 2.45) is 11.8 Å². The highest BCUT2D eigenvalue weighted by atomic mass is 16.5. The van der Waals surface area contributed by atoms with Crippen LogP contribution in [0.2, 0.25) is 0 Å². The summed E-state index contributed by atoms with van der Waals surface area (Å²) in [5.74, 6) is 1.21. The van der Waals surface area contributed by atoms with E-state index in [1.807, 2.05) is 7.11 Å². The standard InChI is InChI=1S/C12H26O2/c1-6-8-12(14-5)11(9-13-4)10(3)7-2/h10-12H,6-9H2,1-5H3. The molecule has 0 aromatic rings. The van der Waals surface area contributed by atoms with Crippen molar-refractivity contribution in [3.8, 4) is 0 Å². The molecule has 0 spiro atoms. The van der Waals surface area contributed by atoms with Crippen LogP contribution in [0.1, 0.15) is 40.0 Å². The van der Waals surface area contributed by atoms with E-state index in [1.54, 1.807) is 7.11 Å². The van der Waals surface area contributed by atoms with Gasteiger partial charge in [-0.3, -0.25) is 0 Å². The van der Waals surface area contributed by atoms with Gasteiger partial charge < -0.3 is 9.47 Å². The quantitative estimate of drug-likeness (QED) is 0.602. The van der Waals surface area contributed by atoms with Crippen LogP contribution in [0, 0.1) is 11.8 Å². The van der Waals surface area contributed by atoms with Crippen LogP contribution in [0.15, 0.2) is 0 Å². The van der Waals surface area contributed by atoms with Gasteiger partial charge in [-0.15, -0.1) is 0 Å². The van der Waals surface area contributed by atoms with E-state index < -0.39 is 0 Å². The summed E-state index contributed by atoms with van der Waals surface area (Å²) in [6.45, 7) is 7.53. The van der Waals surface area contributed by atoms with Gasteiger partial charge in [0, 0.05) is 20.1 Å². The third-order valence-electron chi connectivity index (χ3n) is 3.09. The summed E-state index contributed by atoms with van der Waals surface area (Å²) in [6, 6.07) is 0. The molecule has 0 aromatic heterocycles. The lowest BCUT2D eigenvalue weighted by molar-refractivity contribution is -0.0138. The summed E-state index contributed by atoms with van der Waals surface area (Å²) in [5, 5.41) is 0. The molecule has 0 saturated heterocycles. The molecule has 0 heterocycles. The molecule has 0 aliphatic heterocycles. The van der Waals surface area contributed by atoms with Crippen LogP contribution in [0.5, 0.6) is 0 Å². The van der Waals surface area contributed by atoms with E-state index in [0.717, 1.165) is 13.0 Å². The van der Waals surface area contributed by atoms with Crippen LogP contribution < -0.4 is 0 Å². The Morgan fingerprint density at radius 1 is 1.14 bits per heavy atom. The first-order chi connectivity index (χ1) is 6.71. The zero-order chi connectivity index (χ0) is 11.0. The lowest BCUT2D eigenvalue weighted by Gasteiger charge is -2.29. The maximum Gasteiger partial charge on any atom is 0.0623 e. The second kappa shape index (κ2) is 8.25. The van der Waals surface area contributed by atoms with Gasteiger partial charge in [0.1, 0.15) is 0 Å². The summed E-state index contributed by atoms with van der Waals surface area (Å²) >= 11 is 0. The highest BCUT2D eigenvalue weighted by Crippen LogP contribution is 2.24. The molecule has 2 nitrogen and oxygen atoms in total. The molecular weight excluding hydrogens is 176 g/mol. The molecule has 0 aromatic carbocycles. The van der Waals surface area contributed by atoms with Gasteiger partial charge >= 0.3 is 0 Å². The molecule has 3 unspecified atom stereocenters. The summed E-state index contributed by atoms with van der Waals surface area (Å²) in [7, 11) is 3.58. The molecule has 0 bridgehead atoms. The summed E-state index contributed by atoms with van der Waals surface area (Å²) in [4.78, 5) is 0. The zero-order valence-corrected chi connectivity index (χ0v) is 10.4. The van der Waals surface area contributed by atoms with E-state index >= 15 is 0 Å². The minimum Gasteiger partial charge on any atom is -0.384 e. The highest BCUT2D eigenvalue weighted by molar-refractivity contribution is 4.74. The molecule has 2 heteroatoms. The minimum absolute atomic E-state index is 0.356. The Hall–Kier alpha value is -0.0800. The SMILES string of the molecule is CCCC(OC)C(COC)C(C)CC. The fourth-order valence-corrected chi connectivity index (χ4v) is 1.92. The number of hydrogen-bond donors (Lipinski definition) is 0. The molecule has 0 rings (SSSR count). The average Bonchev–Trinajstić information content (AvgIpc) is 2.22. The fourth-order valence-electron chi connectivity index (χ4n) is 1.92. The Labute approximate surface area is 89.0 Å². The van der Waals surface area contributed by atoms with E-state index in [4.69, 9.17) is 9.47 Å². The van der Waals surface area contributed by atoms with Crippen molar-refractivity contribution in [2.75, 3.05) is 20.8 Å². The van der Waals surface area contributed by atoms with Crippen molar-refractivity contribution < 1.29 is 9.47 Å². The third-order valence-corrected chi connectivity index (χ3v) is 3.09. The van der Waals surface area contributed by atoms with Crippen LogP contribution >= 0.6 is 0 Å². The lowest BCUT2D eigenvalue weighted by Crippen LogP contribution is -2.31. The predicted octanol–water partition coefficient (Wildman–Crippen LogP) is 3.11. The van der Waals surface area contributed by atoms with Gasteiger partial charge in [0.25, 0.3) is 0 Å². The molecule has 0 fully saturated rings. The largest absolute Gasteiger partial charge is 0.384 e. The van der Waals surface area contributed by atoms with Crippen LogP contribution in [0.25, 0.3) is 0 Å². The van der Waals surface area contributed by atoms with Crippen LogP contribution in [0.4, 0.5) is 0 Å². The van der Waals surface area contributed by atoms with Crippen molar-refractivity contribution in [3.05, 3.63) is 0 Å². The topological polar surface area (TPSA) is 18.5 Å². The first-order valence-corrected chi connectivity index (χ1v) is 5.72. The van der Waals surface area contributed by atoms with Gasteiger partial charge in [-0.05, 0) is 12.3 Å². The van der Waals surface area contributed by atoms with Crippen molar-refractivity contribution in [3.63, 3.8) is 0 Å². The molecule has 0 aliphatic rings. The van der Waals surface area contributed by atoms with Gasteiger partial charge in [-0.1, -0.05) is 33.6 Å². The van der Waals surface area contributed by atoms with Crippen molar-refractivity contribution in [2.45, 2.75) is 46.1 Å². The molecule has 0 saturated carbocycles. The van der Waals surface area contributed by atoms with Gasteiger partial charge in [-0.2, -0.15) is 0 Å². The van der Waals surface area contributed by atoms with Crippen LogP contribution in [0.3, 0.4) is 0 Å². The molecule has 14 heavy (non-hydrogen) atoms. The van der Waals surface area contributed by atoms with E-state index in [9.17, 15) is 0 Å². The second-order valence-corrected chi connectivity index (χ2v) is 4.07.